The maximum Gasteiger partial charge on any atom is 0.262 e. The first-order valence-corrected chi connectivity index (χ1v) is 8.71. The van der Waals surface area contributed by atoms with Gasteiger partial charge < -0.3 is 15.0 Å². The van der Waals surface area contributed by atoms with E-state index in [0.29, 0.717) is 22.6 Å². The lowest BCUT2D eigenvalue weighted by molar-refractivity contribution is -0.118. The zero-order valence-electron chi connectivity index (χ0n) is 15.6. The van der Waals surface area contributed by atoms with Gasteiger partial charge in [-0.3, -0.25) is 14.4 Å². The summed E-state index contributed by atoms with van der Waals surface area (Å²) in [5.74, 6) is -0.195. The number of ether oxygens (including phenoxy) is 1. The van der Waals surface area contributed by atoms with Crippen LogP contribution in [0, 0.1) is 0 Å². The van der Waals surface area contributed by atoms with E-state index in [1.165, 1.54) is 4.90 Å². The van der Waals surface area contributed by atoms with Gasteiger partial charge in [0.15, 0.2) is 12.9 Å². The lowest BCUT2D eigenvalue weighted by atomic mass is 10.0. The van der Waals surface area contributed by atoms with Crippen LogP contribution in [0.2, 0.25) is 0 Å². The molecule has 0 aliphatic heterocycles. The van der Waals surface area contributed by atoms with Crippen LogP contribution in [0.1, 0.15) is 20.7 Å². The van der Waals surface area contributed by atoms with Crippen LogP contribution in [0.25, 0.3) is 10.8 Å². The molecule has 0 unspecified atom stereocenters. The molecule has 0 heterocycles. The number of rotatable bonds is 6. The summed E-state index contributed by atoms with van der Waals surface area (Å²) in [6.45, 7) is -0.259. The van der Waals surface area contributed by atoms with Gasteiger partial charge in [-0.2, -0.15) is 0 Å². The molecule has 0 saturated carbocycles. The van der Waals surface area contributed by atoms with Crippen LogP contribution in [0.3, 0.4) is 0 Å². The average molecular weight is 376 g/mol. The summed E-state index contributed by atoms with van der Waals surface area (Å²) in [5.41, 5.74) is 1.38. The topological polar surface area (TPSA) is 75.7 Å². The van der Waals surface area contributed by atoms with Crippen molar-refractivity contribution in [3.8, 4) is 5.75 Å². The molecular formula is C22H20N2O4. The van der Waals surface area contributed by atoms with Gasteiger partial charge in [0.1, 0.15) is 5.75 Å². The van der Waals surface area contributed by atoms with E-state index in [-0.39, 0.29) is 18.4 Å². The van der Waals surface area contributed by atoms with E-state index in [0.717, 1.165) is 17.1 Å². The maximum atomic E-state index is 12.2. The quantitative estimate of drug-likeness (QED) is 0.669. The Kier molecular flexibility index (Phi) is 5.69. The van der Waals surface area contributed by atoms with E-state index in [9.17, 15) is 14.4 Å². The number of fused-ring (bicyclic) bond motifs is 1. The minimum Gasteiger partial charge on any atom is -0.483 e. The van der Waals surface area contributed by atoms with Crippen LogP contribution >= 0.6 is 0 Å². The summed E-state index contributed by atoms with van der Waals surface area (Å²) in [5, 5.41) is 4.39. The number of anilines is 1. The molecule has 1 N–H and O–H groups in total. The van der Waals surface area contributed by atoms with Crippen molar-refractivity contribution < 1.29 is 19.1 Å². The van der Waals surface area contributed by atoms with Crippen molar-refractivity contribution in [2.24, 2.45) is 0 Å². The third-order valence-electron chi connectivity index (χ3n) is 4.21. The summed E-state index contributed by atoms with van der Waals surface area (Å²) in [6.07, 6.45) is 0.728. The number of aldehydes is 1. The van der Waals surface area contributed by atoms with Gasteiger partial charge in [-0.05, 0) is 35.0 Å². The Balaban J connectivity index is 1.70. The highest BCUT2D eigenvalue weighted by Crippen LogP contribution is 2.26. The number of hydrogen-bond donors (Lipinski definition) is 1. The van der Waals surface area contributed by atoms with Crippen molar-refractivity contribution in [1.29, 1.82) is 0 Å². The number of hydrogen-bond acceptors (Lipinski definition) is 4. The number of nitrogens with one attached hydrogen (secondary N) is 1. The summed E-state index contributed by atoms with van der Waals surface area (Å²) in [7, 11) is 3.32. The second kappa shape index (κ2) is 8.35. The largest absolute Gasteiger partial charge is 0.483 e. The van der Waals surface area contributed by atoms with Crippen LogP contribution < -0.4 is 10.1 Å². The number of nitrogens with zero attached hydrogens (tertiary/aromatic N) is 1. The third-order valence-corrected chi connectivity index (χ3v) is 4.21. The normalized spacial score (nSPS) is 10.4. The number of carbonyl (C=O) groups excluding carboxylic acids is 3. The predicted octanol–water partition coefficient (Wildman–Crippen LogP) is 3.37. The molecule has 0 aliphatic rings. The van der Waals surface area contributed by atoms with Crippen molar-refractivity contribution in [2.45, 2.75) is 0 Å². The van der Waals surface area contributed by atoms with E-state index in [2.05, 4.69) is 5.32 Å². The van der Waals surface area contributed by atoms with Crippen LogP contribution in [0.4, 0.5) is 5.69 Å². The molecule has 0 atom stereocenters. The van der Waals surface area contributed by atoms with Crippen LogP contribution in [0.15, 0.2) is 60.7 Å². The lowest BCUT2D eigenvalue weighted by Gasteiger charge is -2.13. The Labute approximate surface area is 162 Å². The molecule has 3 rings (SSSR count). The summed E-state index contributed by atoms with van der Waals surface area (Å²) >= 11 is 0. The fourth-order valence-corrected chi connectivity index (χ4v) is 2.85. The van der Waals surface area contributed by atoms with Crippen molar-refractivity contribution in [3.63, 3.8) is 0 Å². The Morgan fingerprint density at radius 3 is 2.57 bits per heavy atom. The Hall–Kier alpha value is -3.67. The zero-order chi connectivity index (χ0) is 20.1. The van der Waals surface area contributed by atoms with Gasteiger partial charge >= 0.3 is 0 Å². The van der Waals surface area contributed by atoms with E-state index in [1.54, 1.807) is 44.4 Å². The maximum absolute atomic E-state index is 12.2. The van der Waals surface area contributed by atoms with Gasteiger partial charge in [0.2, 0.25) is 0 Å². The zero-order valence-corrected chi connectivity index (χ0v) is 15.6. The fourth-order valence-electron chi connectivity index (χ4n) is 2.85. The van der Waals surface area contributed by atoms with Gasteiger partial charge in [0.25, 0.3) is 11.8 Å². The van der Waals surface area contributed by atoms with Gasteiger partial charge in [-0.1, -0.05) is 36.4 Å². The monoisotopic (exact) mass is 376 g/mol. The smallest absolute Gasteiger partial charge is 0.262 e. The molecule has 0 fully saturated rings. The average Bonchev–Trinajstić information content (AvgIpc) is 2.71. The van der Waals surface area contributed by atoms with Crippen LogP contribution in [-0.4, -0.2) is 43.7 Å². The highest BCUT2D eigenvalue weighted by atomic mass is 16.5. The molecule has 0 spiro atoms. The van der Waals surface area contributed by atoms with Gasteiger partial charge in [-0.15, -0.1) is 0 Å². The Bertz CT molecular complexity index is 1040. The molecule has 0 aromatic heterocycles. The van der Waals surface area contributed by atoms with Gasteiger partial charge in [-0.25, -0.2) is 0 Å². The Morgan fingerprint density at radius 2 is 1.82 bits per heavy atom. The lowest BCUT2D eigenvalue weighted by Crippen LogP contribution is -2.23. The highest BCUT2D eigenvalue weighted by molar-refractivity contribution is 6.01. The molecule has 3 aromatic rings. The first-order valence-electron chi connectivity index (χ1n) is 8.71. The minimum absolute atomic E-state index is 0.154. The second-order valence-corrected chi connectivity index (χ2v) is 6.43. The van der Waals surface area contributed by atoms with Crippen molar-refractivity contribution in [1.82, 2.24) is 4.90 Å². The van der Waals surface area contributed by atoms with Gasteiger partial charge in [0.05, 0.1) is 5.56 Å². The first-order chi connectivity index (χ1) is 13.5. The van der Waals surface area contributed by atoms with Gasteiger partial charge in [0, 0.05) is 25.3 Å². The molecule has 0 bridgehead atoms. The molecule has 28 heavy (non-hydrogen) atoms. The molecule has 6 heteroatoms. The minimum atomic E-state index is -0.389. The fraction of sp³-hybridized carbons (Fsp3) is 0.136. The number of carbonyl (C=O) groups is 3. The van der Waals surface area contributed by atoms with Crippen molar-refractivity contribution in [3.05, 3.63) is 71.8 Å². The van der Waals surface area contributed by atoms with E-state index in [4.69, 9.17) is 4.74 Å². The standard InChI is InChI=1S/C22H20N2O4/c1-24(2)22(27)16-7-5-8-17(12-16)23-21(26)14-28-20-11-10-15-6-3-4-9-18(15)19(20)13-25/h3-13H,14H2,1-2H3,(H,23,26). The van der Waals surface area contributed by atoms with E-state index < -0.39 is 0 Å². The van der Waals surface area contributed by atoms with Crippen LogP contribution in [-0.2, 0) is 4.79 Å². The van der Waals surface area contributed by atoms with Crippen molar-refractivity contribution >= 4 is 34.6 Å². The summed E-state index contributed by atoms with van der Waals surface area (Å²) < 4.78 is 5.57. The highest BCUT2D eigenvalue weighted by Gasteiger charge is 2.12. The third kappa shape index (κ3) is 4.17. The second-order valence-electron chi connectivity index (χ2n) is 6.43. The molecule has 0 aliphatic carbocycles. The number of amides is 2. The van der Waals surface area contributed by atoms with Crippen LogP contribution in [0.5, 0.6) is 5.75 Å². The molecular weight excluding hydrogens is 356 g/mol. The molecule has 0 radical (unpaired) electrons. The first kappa shape index (κ1) is 19.1. The predicted molar refractivity (Wildman–Crippen MR) is 108 cm³/mol. The molecule has 142 valence electrons. The molecule has 6 nitrogen and oxygen atoms in total. The van der Waals surface area contributed by atoms with Crippen molar-refractivity contribution in [2.75, 3.05) is 26.0 Å². The Morgan fingerprint density at radius 1 is 1.04 bits per heavy atom. The SMILES string of the molecule is CN(C)C(=O)c1cccc(NC(=O)COc2ccc3ccccc3c2C=O)c1. The van der Waals surface area contributed by atoms with E-state index in [1.807, 2.05) is 30.3 Å². The number of benzene rings is 3. The summed E-state index contributed by atoms with van der Waals surface area (Å²) in [6, 6.07) is 17.7. The molecule has 3 aromatic carbocycles. The summed E-state index contributed by atoms with van der Waals surface area (Å²) in [4.78, 5) is 37.3. The molecule has 2 amide bonds. The van der Waals surface area contributed by atoms with E-state index >= 15 is 0 Å². The molecule has 0 saturated heterocycles.